The first-order valence-electron chi connectivity index (χ1n) is 9.17. The molecule has 2 aliphatic heterocycles. The zero-order chi connectivity index (χ0) is 16.8. The summed E-state index contributed by atoms with van der Waals surface area (Å²) in [7, 11) is 0. The van der Waals surface area contributed by atoms with Crippen LogP contribution in [0.5, 0.6) is 0 Å². The van der Waals surface area contributed by atoms with E-state index < -0.39 is 0 Å². The van der Waals surface area contributed by atoms with Gasteiger partial charge >= 0.3 is 6.03 Å². The third-order valence-electron chi connectivity index (χ3n) is 5.09. The van der Waals surface area contributed by atoms with Gasteiger partial charge in [-0.3, -0.25) is 4.90 Å². The zero-order valence-corrected chi connectivity index (χ0v) is 14.6. The molecule has 0 aliphatic carbocycles. The Balaban J connectivity index is 1.51. The van der Waals surface area contributed by atoms with Gasteiger partial charge in [-0.15, -0.1) is 0 Å². The maximum absolute atomic E-state index is 12.6. The van der Waals surface area contributed by atoms with E-state index in [4.69, 9.17) is 4.74 Å². The Bertz CT molecular complexity index is 517. The number of amides is 2. The maximum atomic E-state index is 12.6. The number of hydrogen-bond donors (Lipinski definition) is 1. The first kappa shape index (κ1) is 17.2. The number of nitrogens with one attached hydrogen (secondary N) is 1. The molecule has 1 atom stereocenters. The van der Waals surface area contributed by atoms with E-state index >= 15 is 0 Å². The van der Waals surface area contributed by atoms with Crippen LogP contribution in [0.15, 0.2) is 30.3 Å². The number of urea groups is 1. The standard InChI is InChI=1S/C19H29N3O2/c1-2-22(19(23)20-17-9-12-24-13-10-17)18-8-11-21(15-18)14-16-6-4-3-5-7-16/h3-7,17-18H,2,8-15H2,1H3,(H,20,23)/t18-/m0/s1. The van der Waals surface area contributed by atoms with Gasteiger partial charge in [-0.05, 0) is 31.7 Å². The van der Waals surface area contributed by atoms with Crippen LogP contribution in [0.4, 0.5) is 4.79 Å². The van der Waals surface area contributed by atoms with Crippen molar-refractivity contribution in [1.82, 2.24) is 15.1 Å². The minimum Gasteiger partial charge on any atom is -0.381 e. The van der Waals surface area contributed by atoms with Crippen molar-refractivity contribution in [1.29, 1.82) is 0 Å². The van der Waals surface area contributed by atoms with E-state index in [-0.39, 0.29) is 12.1 Å². The monoisotopic (exact) mass is 331 g/mol. The van der Waals surface area contributed by atoms with Crippen molar-refractivity contribution >= 4 is 6.03 Å². The predicted molar refractivity (Wildman–Crippen MR) is 94.9 cm³/mol. The average molecular weight is 331 g/mol. The molecule has 0 bridgehead atoms. The number of carbonyl (C=O) groups is 1. The van der Waals surface area contributed by atoms with Gasteiger partial charge in [0.2, 0.25) is 0 Å². The molecule has 2 amide bonds. The molecular formula is C19H29N3O2. The van der Waals surface area contributed by atoms with Crippen molar-refractivity contribution < 1.29 is 9.53 Å². The molecule has 0 radical (unpaired) electrons. The van der Waals surface area contributed by atoms with E-state index in [0.717, 1.165) is 58.7 Å². The molecule has 2 aliphatic rings. The molecule has 5 heteroatoms. The lowest BCUT2D eigenvalue weighted by Crippen LogP contribution is -2.51. The molecule has 2 saturated heterocycles. The smallest absolute Gasteiger partial charge is 0.317 e. The molecule has 24 heavy (non-hydrogen) atoms. The van der Waals surface area contributed by atoms with Crippen LogP contribution in [-0.4, -0.2) is 60.8 Å². The summed E-state index contributed by atoms with van der Waals surface area (Å²) in [6.07, 6.45) is 2.91. The maximum Gasteiger partial charge on any atom is 0.317 e. The van der Waals surface area contributed by atoms with Gasteiger partial charge in [0.1, 0.15) is 0 Å². The molecule has 0 spiro atoms. The highest BCUT2D eigenvalue weighted by Crippen LogP contribution is 2.19. The highest BCUT2D eigenvalue weighted by Gasteiger charge is 2.30. The zero-order valence-electron chi connectivity index (χ0n) is 14.6. The van der Waals surface area contributed by atoms with Gasteiger partial charge in [-0.2, -0.15) is 0 Å². The third-order valence-corrected chi connectivity index (χ3v) is 5.09. The number of nitrogens with zero attached hydrogens (tertiary/aromatic N) is 2. The molecule has 0 aromatic heterocycles. The topological polar surface area (TPSA) is 44.8 Å². The number of carbonyl (C=O) groups excluding carboxylic acids is 1. The van der Waals surface area contributed by atoms with Gasteiger partial charge in [-0.25, -0.2) is 4.79 Å². The predicted octanol–water partition coefficient (Wildman–Crippen LogP) is 2.47. The summed E-state index contributed by atoms with van der Waals surface area (Å²) in [4.78, 5) is 17.1. The number of likely N-dealkylation sites (N-methyl/N-ethyl adjacent to an activating group) is 1. The van der Waals surface area contributed by atoms with E-state index in [1.807, 2.05) is 4.90 Å². The van der Waals surface area contributed by atoms with Gasteiger partial charge < -0.3 is 15.0 Å². The van der Waals surface area contributed by atoms with Gasteiger partial charge in [-0.1, -0.05) is 30.3 Å². The lowest BCUT2D eigenvalue weighted by Gasteiger charge is -2.31. The van der Waals surface area contributed by atoms with Gasteiger partial charge in [0.05, 0.1) is 0 Å². The fraction of sp³-hybridized carbons (Fsp3) is 0.632. The van der Waals surface area contributed by atoms with Crippen LogP contribution in [0.3, 0.4) is 0 Å². The lowest BCUT2D eigenvalue weighted by atomic mass is 10.1. The number of rotatable bonds is 5. The van der Waals surface area contributed by atoms with Crippen molar-refractivity contribution in [3.63, 3.8) is 0 Å². The van der Waals surface area contributed by atoms with Crippen LogP contribution in [-0.2, 0) is 11.3 Å². The Labute approximate surface area is 145 Å². The van der Waals surface area contributed by atoms with E-state index in [0.29, 0.717) is 6.04 Å². The quantitative estimate of drug-likeness (QED) is 0.901. The van der Waals surface area contributed by atoms with Crippen LogP contribution in [0.25, 0.3) is 0 Å². The third kappa shape index (κ3) is 4.48. The Morgan fingerprint density at radius 2 is 2.00 bits per heavy atom. The van der Waals surface area contributed by atoms with Crippen LogP contribution < -0.4 is 5.32 Å². The molecule has 1 N–H and O–H groups in total. The highest BCUT2D eigenvalue weighted by atomic mass is 16.5. The first-order valence-corrected chi connectivity index (χ1v) is 9.17. The first-order chi connectivity index (χ1) is 11.8. The molecule has 2 heterocycles. The summed E-state index contributed by atoms with van der Waals surface area (Å²) >= 11 is 0. The molecule has 1 aromatic carbocycles. The largest absolute Gasteiger partial charge is 0.381 e. The minimum absolute atomic E-state index is 0.0935. The van der Waals surface area contributed by atoms with Crippen molar-refractivity contribution in [2.24, 2.45) is 0 Å². The Hall–Kier alpha value is -1.59. The van der Waals surface area contributed by atoms with Crippen molar-refractivity contribution in [2.45, 2.75) is 44.8 Å². The lowest BCUT2D eigenvalue weighted by molar-refractivity contribution is 0.0772. The summed E-state index contributed by atoms with van der Waals surface area (Å²) in [5.74, 6) is 0. The van der Waals surface area contributed by atoms with Crippen molar-refractivity contribution in [3.8, 4) is 0 Å². The Morgan fingerprint density at radius 3 is 2.71 bits per heavy atom. The fourth-order valence-electron chi connectivity index (χ4n) is 3.72. The summed E-state index contributed by atoms with van der Waals surface area (Å²) in [6, 6.07) is 11.2. The van der Waals surface area contributed by atoms with Crippen LogP contribution in [0, 0.1) is 0 Å². The number of likely N-dealkylation sites (tertiary alicyclic amines) is 1. The van der Waals surface area contributed by atoms with Crippen LogP contribution in [0.2, 0.25) is 0 Å². The van der Waals surface area contributed by atoms with Crippen LogP contribution >= 0.6 is 0 Å². The molecular weight excluding hydrogens is 302 g/mol. The minimum atomic E-state index is 0.0935. The summed E-state index contributed by atoms with van der Waals surface area (Å²) in [5, 5.41) is 3.20. The molecule has 0 saturated carbocycles. The van der Waals surface area contributed by atoms with Gasteiger partial charge in [0.15, 0.2) is 0 Å². The fourth-order valence-corrected chi connectivity index (χ4v) is 3.72. The molecule has 0 unspecified atom stereocenters. The molecule has 1 aromatic rings. The normalized spacial score (nSPS) is 22.5. The average Bonchev–Trinajstić information content (AvgIpc) is 3.05. The second kappa shape index (κ2) is 8.49. The summed E-state index contributed by atoms with van der Waals surface area (Å²) in [6.45, 7) is 7.33. The Kier molecular flexibility index (Phi) is 6.10. The molecule has 5 nitrogen and oxygen atoms in total. The van der Waals surface area contributed by atoms with Gasteiger partial charge in [0, 0.05) is 51.5 Å². The molecule has 3 rings (SSSR count). The van der Waals surface area contributed by atoms with E-state index in [1.165, 1.54) is 5.56 Å². The summed E-state index contributed by atoms with van der Waals surface area (Å²) < 4.78 is 5.37. The summed E-state index contributed by atoms with van der Waals surface area (Å²) in [5.41, 5.74) is 1.34. The van der Waals surface area contributed by atoms with E-state index in [2.05, 4.69) is 47.5 Å². The van der Waals surface area contributed by atoms with E-state index in [1.54, 1.807) is 0 Å². The Morgan fingerprint density at radius 1 is 1.25 bits per heavy atom. The second-order valence-electron chi connectivity index (χ2n) is 6.79. The highest BCUT2D eigenvalue weighted by molar-refractivity contribution is 5.75. The van der Waals surface area contributed by atoms with Gasteiger partial charge in [0.25, 0.3) is 0 Å². The van der Waals surface area contributed by atoms with Crippen molar-refractivity contribution in [2.75, 3.05) is 32.8 Å². The SMILES string of the molecule is CCN(C(=O)NC1CCOCC1)[C@H]1CCN(Cc2ccccc2)C1. The molecule has 2 fully saturated rings. The number of ether oxygens (including phenoxy) is 1. The molecule has 132 valence electrons. The number of hydrogen-bond acceptors (Lipinski definition) is 3. The second-order valence-corrected chi connectivity index (χ2v) is 6.79. The number of benzene rings is 1. The van der Waals surface area contributed by atoms with E-state index in [9.17, 15) is 4.79 Å². The van der Waals surface area contributed by atoms with Crippen LogP contribution in [0.1, 0.15) is 31.7 Å². The van der Waals surface area contributed by atoms with Crippen molar-refractivity contribution in [3.05, 3.63) is 35.9 Å².